The number of terminal acetylenes is 1. The Morgan fingerprint density at radius 3 is 1.32 bits per heavy atom. The Labute approximate surface area is 560 Å². The molecule has 21 heteroatoms. The van der Waals surface area contributed by atoms with Gasteiger partial charge < -0.3 is 29.7 Å². The Bertz CT molecular complexity index is 3870. The molecule has 0 radical (unpaired) electrons. The fourth-order valence-corrected chi connectivity index (χ4v) is 10.5. The summed E-state index contributed by atoms with van der Waals surface area (Å²) in [6.45, 7) is 13.7. The number of carbonyl (C=O) groups is 11. The molecule has 0 bridgehead atoms. The van der Waals surface area contributed by atoms with Crippen LogP contribution in [-0.4, -0.2) is 152 Å². The minimum Gasteiger partial charge on any atom is -0.380 e. The second kappa shape index (κ2) is 36.3. The number of ketones is 2. The highest BCUT2D eigenvalue weighted by Crippen LogP contribution is 2.29. The van der Waals surface area contributed by atoms with Crippen molar-refractivity contribution in [2.75, 3.05) is 82.2 Å². The minimum absolute atomic E-state index is 0.0242. The molecule has 500 valence electrons. The standard InChI is InChI=1S/C30H31N3O5.C28H26N2O4.C17H24N2O5/c1-21-22(2)29(36)32(28(21)35)17-15-26(34)11-7-18-38-19-16-31-30(37)33-20-25-10-4-3-8-23(25)13-14-24-9-5-6-12-27(24)33;1-19-20(2)28(34)29(27(19)33)17-16-24(31)11-7-13-26(32)30-18-23-10-4-3-8-21(23)14-15-22-9-5-6-12-25(22)30;1-4-5-9-23-11-7-18-15(20)6-10-24-12-8-19-16(21)13(2)14(3)17(19)22/h3-6,8-10,12H,7,11,15-20H2,1-2H3,(H,31,37);3-6,8-10,12H,7,11,13,16-18H2,1-2H3;1H,5-12H2,2-3H3,(H,18,20). The number of hydrogen-bond acceptors (Lipinski definition) is 14. The fourth-order valence-electron chi connectivity index (χ4n) is 10.5. The summed E-state index contributed by atoms with van der Waals surface area (Å²) in [6, 6.07) is 30.5. The largest absolute Gasteiger partial charge is 0.380 e. The lowest BCUT2D eigenvalue weighted by atomic mass is 10.0. The Morgan fingerprint density at radius 2 is 0.823 bits per heavy atom. The first-order valence-corrected chi connectivity index (χ1v) is 32.0. The molecule has 0 saturated heterocycles. The summed E-state index contributed by atoms with van der Waals surface area (Å²) in [7, 11) is 0. The third-order valence-corrected chi connectivity index (χ3v) is 16.6. The molecule has 0 spiro atoms. The number of Topliss-reactive ketones (excluding diaryl/α,β-unsaturated/α-hetero) is 2. The zero-order valence-corrected chi connectivity index (χ0v) is 55.3. The number of fused-ring (bicyclic) bond motifs is 4. The van der Waals surface area contributed by atoms with Crippen molar-refractivity contribution in [3.05, 3.63) is 164 Å². The molecule has 5 aliphatic heterocycles. The molecular formula is C75H81N7O14. The predicted octanol–water partition coefficient (Wildman–Crippen LogP) is 7.60. The van der Waals surface area contributed by atoms with Gasteiger partial charge in [-0.05, 0) is 102 Å². The van der Waals surface area contributed by atoms with E-state index in [2.05, 4.69) is 40.2 Å². The Balaban J connectivity index is 0.000000209. The summed E-state index contributed by atoms with van der Waals surface area (Å²) >= 11 is 0. The maximum atomic E-state index is 13.2. The Morgan fingerprint density at radius 1 is 0.427 bits per heavy atom. The minimum atomic E-state index is -0.329. The van der Waals surface area contributed by atoms with Crippen molar-refractivity contribution in [2.24, 2.45) is 0 Å². The van der Waals surface area contributed by atoms with Crippen molar-refractivity contribution >= 4 is 76.2 Å². The van der Waals surface area contributed by atoms with E-state index in [0.717, 1.165) is 59.5 Å². The average Bonchev–Trinajstić information content (AvgIpc) is 1.24. The average molecular weight is 1300 g/mol. The lowest BCUT2D eigenvalue weighted by Gasteiger charge is -2.26. The van der Waals surface area contributed by atoms with Crippen LogP contribution in [0.2, 0.25) is 0 Å². The Hall–Kier alpha value is -10.4. The lowest BCUT2D eigenvalue weighted by molar-refractivity contribution is -0.140. The SMILES string of the molecule is C#CCCOCCNC(=O)CCOCCN1C(=O)C(C)=C(C)C1=O.CC1=C(C)C(=O)N(CCC(=O)CCCC(=O)N2Cc3ccccc3C#Cc3ccccc32)C1=O.CC1=C(C)C(=O)N(CCC(=O)CCCOCCNC(=O)N2Cc3ccccc3C#Cc3ccccc32)C1=O. The number of ether oxygens (including phenoxy) is 3. The van der Waals surface area contributed by atoms with Crippen LogP contribution >= 0.6 is 0 Å². The zero-order chi connectivity index (χ0) is 69.3. The van der Waals surface area contributed by atoms with Crippen LogP contribution < -0.4 is 20.4 Å². The molecule has 21 nitrogen and oxygen atoms in total. The lowest BCUT2D eigenvalue weighted by Crippen LogP contribution is -2.41. The van der Waals surface area contributed by atoms with Gasteiger partial charge in [0, 0.05) is 133 Å². The van der Waals surface area contributed by atoms with Crippen molar-refractivity contribution in [3.63, 3.8) is 0 Å². The summed E-state index contributed by atoms with van der Waals surface area (Å²) in [5.74, 6) is 13.1. The summed E-state index contributed by atoms with van der Waals surface area (Å²) in [5.41, 5.74) is 9.56. The van der Waals surface area contributed by atoms with Gasteiger partial charge in [0.2, 0.25) is 11.8 Å². The first kappa shape index (κ1) is 73.0. The molecule has 4 aromatic rings. The van der Waals surface area contributed by atoms with Gasteiger partial charge in [-0.2, -0.15) is 0 Å². The highest BCUT2D eigenvalue weighted by Gasteiger charge is 2.35. The number of amides is 10. The van der Waals surface area contributed by atoms with Crippen LogP contribution in [0, 0.1) is 36.0 Å². The molecule has 0 fully saturated rings. The van der Waals surface area contributed by atoms with Gasteiger partial charge in [0.25, 0.3) is 35.4 Å². The van der Waals surface area contributed by atoms with Crippen LogP contribution in [0.25, 0.3) is 0 Å². The van der Waals surface area contributed by atoms with Crippen molar-refractivity contribution in [2.45, 2.75) is 112 Å². The molecule has 9 rings (SSSR count). The highest BCUT2D eigenvalue weighted by molar-refractivity contribution is 6.20. The monoisotopic (exact) mass is 1300 g/mol. The number of hydrogen-bond donors (Lipinski definition) is 2. The van der Waals surface area contributed by atoms with E-state index in [9.17, 15) is 52.7 Å². The Kier molecular flexibility index (Phi) is 27.6. The summed E-state index contributed by atoms with van der Waals surface area (Å²) in [4.78, 5) is 141. The van der Waals surface area contributed by atoms with E-state index in [4.69, 9.17) is 20.6 Å². The maximum absolute atomic E-state index is 13.2. The highest BCUT2D eigenvalue weighted by atomic mass is 16.5. The number of nitrogens with zero attached hydrogens (tertiary/aromatic N) is 5. The number of urea groups is 1. The van der Waals surface area contributed by atoms with E-state index in [1.54, 1.807) is 51.3 Å². The van der Waals surface area contributed by atoms with Crippen molar-refractivity contribution in [1.82, 2.24) is 25.3 Å². The van der Waals surface area contributed by atoms with Gasteiger partial charge in [-0.3, -0.25) is 67.5 Å². The number of nitrogens with one attached hydrogen (secondary N) is 2. The summed E-state index contributed by atoms with van der Waals surface area (Å²) < 4.78 is 16.1. The molecule has 0 aliphatic carbocycles. The van der Waals surface area contributed by atoms with Gasteiger partial charge >= 0.3 is 6.03 Å². The number of anilines is 2. The number of para-hydroxylation sites is 2. The quantitative estimate of drug-likeness (QED) is 0.0316. The van der Waals surface area contributed by atoms with E-state index in [-0.39, 0.29) is 130 Å². The smallest absolute Gasteiger partial charge is 0.322 e. The van der Waals surface area contributed by atoms with E-state index < -0.39 is 0 Å². The van der Waals surface area contributed by atoms with Crippen LogP contribution in [0.4, 0.5) is 16.2 Å². The molecule has 2 N–H and O–H groups in total. The zero-order valence-electron chi connectivity index (χ0n) is 55.3. The van der Waals surface area contributed by atoms with Crippen LogP contribution in [0.3, 0.4) is 0 Å². The van der Waals surface area contributed by atoms with Gasteiger partial charge in [0.1, 0.15) is 11.6 Å². The van der Waals surface area contributed by atoms with Crippen LogP contribution in [0.15, 0.2) is 131 Å². The number of imide groups is 3. The number of rotatable bonds is 28. The molecule has 5 heterocycles. The topological polar surface area (TPSA) is 256 Å². The maximum Gasteiger partial charge on any atom is 0.322 e. The van der Waals surface area contributed by atoms with Gasteiger partial charge in [0.15, 0.2) is 0 Å². The van der Waals surface area contributed by atoms with Crippen molar-refractivity contribution in [1.29, 1.82) is 0 Å². The van der Waals surface area contributed by atoms with Gasteiger partial charge in [0.05, 0.1) is 64.0 Å². The van der Waals surface area contributed by atoms with Crippen LogP contribution in [-0.2, 0) is 75.2 Å². The fraction of sp³-hybridized carbons (Fsp3) is 0.373. The predicted molar refractivity (Wildman–Crippen MR) is 360 cm³/mol. The van der Waals surface area contributed by atoms with E-state index >= 15 is 0 Å². The molecule has 4 aromatic carbocycles. The molecular weight excluding hydrogens is 1220 g/mol. The molecule has 0 aromatic heterocycles. The van der Waals surface area contributed by atoms with Gasteiger partial charge in [-0.25, -0.2) is 4.79 Å². The second-order valence-corrected chi connectivity index (χ2v) is 23.1. The normalized spacial score (nSPS) is 14.5. The van der Waals surface area contributed by atoms with Crippen molar-refractivity contribution in [3.8, 4) is 36.0 Å². The van der Waals surface area contributed by atoms with E-state index in [0.29, 0.717) is 112 Å². The summed E-state index contributed by atoms with van der Waals surface area (Å²) in [5, 5.41) is 5.61. The number of carbonyl (C=O) groups excluding carboxylic acids is 11. The second-order valence-electron chi connectivity index (χ2n) is 23.1. The third-order valence-electron chi connectivity index (χ3n) is 16.6. The van der Waals surface area contributed by atoms with Gasteiger partial charge in [-0.1, -0.05) is 84.3 Å². The van der Waals surface area contributed by atoms with E-state index in [1.807, 2.05) is 97.1 Å². The first-order chi connectivity index (χ1) is 46.2. The first-order valence-electron chi connectivity index (χ1n) is 32.0. The van der Waals surface area contributed by atoms with Gasteiger partial charge in [-0.15, -0.1) is 12.3 Å². The van der Waals surface area contributed by atoms with Crippen LogP contribution in [0.1, 0.15) is 133 Å². The van der Waals surface area contributed by atoms with E-state index in [1.165, 1.54) is 0 Å². The van der Waals surface area contributed by atoms with Crippen molar-refractivity contribution < 1.29 is 67.0 Å². The molecule has 0 unspecified atom stereocenters. The third kappa shape index (κ3) is 19.8. The molecule has 0 saturated carbocycles. The molecule has 10 amide bonds. The molecule has 96 heavy (non-hydrogen) atoms. The number of benzene rings is 4. The summed E-state index contributed by atoms with van der Waals surface area (Å²) in [6.07, 6.45) is 7.76. The molecule has 5 aliphatic rings. The molecule has 0 atom stereocenters. The van der Waals surface area contributed by atoms with Crippen LogP contribution in [0.5, 0.6) is 0 Å².